The smallest absolute Gasteiger partial charge is 0.306 e. The predicted octanol–water partition coefficient (Wildman–Crippen LogP) is 0.164. The number of nitrogens with zero attached hydrogens (tertiary/aromatic N) is 1. The molecule has 76 valence electrons. The van der Waals surface area contributed by atoms with Gasteiger partial charge in [0.15, 0.2) is 0 Å². The molecule has 0 spiro atoms. The van der Waals surface area contributed by atoms with E-state index in [2.05, 4.69) is 0 Å². The number of hydrogen-bond acceptors (Lipinski definition) is 3. The van der Waals surface area contributed by atoms with Gasteiger partial charge >= 0.3 is 5.97 Å². The van der Waals surface area contributed by atoms with Gasteiger partial charge in [-0.2, -0.15) is 0 Å². The minimum Gasteiger partial charge on any atom is -0.481 e. The first-order valence-corrected chi connectivity index (χ1v) is 4.66. The molecule has 4 heteroatoms. The molecule has 0 aromatic carbocycles. The first-order valence-electron chi connectivity index (χ1n) is 4.66. The Hall–Kier alpha value is -0.610. The normalized spacial score (nSPS) is 19.0. The summed E-state index contributed by atoms with van der Waals surface area (Å²) in [6, 6.07) is 0. The largest absolute Gasteiger partial charge is 0.481 e. The summed E-state index contributed by atoms with van der Waals surface area (Å²) in [4.78, 5) is 12.3. The number of carboxylic acids is 1. The van der Waals surface area contributed by atoms with Crippen LogP contribution in [0.4, 0.5) is 0 Å². The Morgan fingerprint density at radius 2 is 2.23 bits per heavy atom. The zero-order valence-corrected chi connectivity index (χ0v) is 7.94. The van der Waals surface area contributed by atoms with Crippen molar-refractivity contribution in [2.45, 2.75) is 25.4 Å². The Bertz CT molecular complexity index is 180. The van der Waals surface area contributed by atoms with E-state index in [1.165, 1.54) is 12.8 Å². The van der Waals surface area contributed by atoms with Crippen LogP contribution in [0, 0.1) is 5.92 Å². The molecule has 0 aromatic rings. The van der Waals surface area contributed by atoms with Crippen LogP contribution in [-0.2, 0) is 4.79 Å². The molecule has 0 bridgehead atoms. The maximum absolute atomic E-state index is 10.2. The molecule has 0 aromatic heterocycles. The van der Waals surface area contributed by atoms with Gasteiger partial charge in [-0.15, -0.1) is 0 Å². The van der Waals surface area contributed by atoms with Gasteiger partial charge in [-0.05, 0) is 25.8 Å². The summed E-state index contributed by atoms with van der Waals surface area (Å²) in [5.41, 5.74) is 0. The molecule has 2 N–H and O–H groups in total. The monoisotopic (exact) mass is 187 g/mol. The SMILES string of the molecule is CN(CC(O)CC(=O)O)CC1CC1. The molecule has 1 atom stereocenters. The summed E-state index contributed by atoms with van der Waals surface area (Å²) in [5.74, 6) is -0.158. The number of aliphatic carboxylic acids is 1. The lowest BCUT2D eigenvalue weighted by atomic mass is 10.2. The molecule has 0 heterocycles. The molecule has 1 aliphatic carbocycles. The van der Waals surface area contributed by atoms with Gasteiger partial charge in [-0.25, -0.2) is 0 Å². The van der Waals surface area contributed by atoms with E-state index in [1.807, 2.05) is 11.9 Å². The molecule has 1 saturated carbocycles. The quantitative estimate of drug-likeness (QED) is 0.622. The Kier molecular flexibility index (Phi) is 3.69. The summed E-state index contributed by atoms with van der Waals surface area (Å²) < 4.78 is 0. The van der Waals surface area contributed by atoms with Crippen LogP contribution in [0.3, 0.4) is 0 Å². The standard InChI is InChI=1S/C9H17NO3/c1-10(5-7-2-3-7)6-8(11)4-9(12)13/h7-8,11H,2-6H2,1H3,(H,12,13). The van der Waals surface area contributed by atoms with Gasteiger partial charge in [-0.1, -0.05) is 0 Å². The van der Waals surface area contributed by atoms with Gasteiger partial charge in [0.2, 0.25) is 0 Å². The summed E-state index contributed by atoms with van der Waals surface area (Å²) in [7, 11) is 1.92. The highest BCUT2D eigenvalue weighted by Gasteiger charge is 2.23. The van der Waals surface area contributed by atoms with Crippen molar-refractivity contribution in [2.75, 3.05) is 20.1 Å². The van der Waals surface area contributed by atoms with Gasteiger partial charge in [-0.3, -0.25) is 4.79 Å². The number of aliphatic hydroxyl groups is 1. The molecular formula is C9H17NO3. The Morgan fingerprint density at radius 1 is 1.62 bits per heavy atom. The second-order valence-corrected chi connectivity index (χ2v) is 3.92. The summed E-state index contributed by atoms with van der Waals surface area (Å²) >= 11 is 0. The van der Waals surface area contributed by atoms with Crippen molar-refractivity contribution in [2.24, 2.45) is 5.92 Å². The molecule has 0 aliphatic heterocycles. The van der Waals surface area contributed by atoms with Crippen LogP contribution in [0.1, 0.15) is 19.3 Å². The Balaban J connectivity index is 2.09. The van der Waals surface area contributed by atoms with E-state index in [9.17, 15) is 9.90 Å². The third-order valence-electron chi connectivity index (χ3n) is 2.20. The molecule has 0 amide bonds. The molecule has 1 unspecified atom stereocenters. The average molecular weight is 187 g/mol. The topological polar surface area (TPSA) is 60.8 Å². The summed E-state index contributed by atoms with van der Waals surface area (Å²) in [5, 5.41) is 17.7. The Labute approximate surface area is 78.2 Å². The number of likely N-dealkylation sites (N-methyl/N-ethyl adjacent to an activating group) is 1. The third kappa shape index (κ3) is 4.85. The van der Waals surface area contributed by atoms with E-state index in [-0.39, 0.29) is 6.42 Å². The maximum Gasteiger partial charge on any atom is 0.306 e. The van der Waals surface area contributed by atoms with E-state index < -0.39 is 12.1 Å². The number of aliphatic hydroxyl groups excluding tert-OH is 1. The van der Waals surface area contributed by atoms with E-state index >= 15 is 0 Å². The molecule has 1 fully saturated rings. The first-order chi connectivity index (χ1) is 6.08. The van der Waals surface area contributed by atoms with Gasteiger partial charge in [0.25, 0.3) is 0 Å². The summed E-state index contributed by atoms with van der Waals surface area (Å²) in [6.45, 7) is 1.44. The molecular weight excluding hydrogens is 170 g/mol. The fourth-order valence-electron chi connectivity index (χ4n) is 1.44. The van der Waals surface area contributed by atoms with E-state index in [0.29, 0.717) is 6.54 Å². The van der Waals surface area contributed by atoms with Crippen molar-refractivity contribution in [1.29, 1.82) is 0 Å². The predicted molar refractivity (Wildman–Crippen MR) is 48.5 cm³/mol. The maximum atomic E-state index is 10.2. The van der Waals surface area contributed by atoms with Crippen molar-refractivity contribution in [3.05, 3.63) is 0 Å². The lowest BCUT2D eigenvalue weighted by Gasteiger charge is -2.18. The van der Waals surface area contributed by atoms with Gasteiger partial charge in [0, 0.05) is 13.1 Å². The lowest BCUT2D eigenvalue weighted by Crippen LogP contribution is -2.32. The zero-order chi connectivity index (χ0) is 9.84. The third-order valence-corrected chi connectivity index (χ3v) is 2.20. The van der Waals surface area contributed by atoms with Crippen molar-refractivity contribution >= 4 is 5.97 Å². The van der Waals surface area contributed by atoms with Crippen LogP contribution in [0.2, 0.25) is 0 Å². The number of rotatable bonds is 6. The highest BCUT2D eigenvalue weighted by atomic mass is 16.4. The molecule has 13 heavy (non-hydrogen) atoms. The minimum absolute atomic E-state index is 0.158. The van der Waals surface area contributed by atoms with Crippen LogP contribution in [0.15, 0.2) is 0 Å². The fourth-order valence-corrected chi connectivity index (χ4v) is 1.44. The highest BCUT2D eigenvalue weighted by Crippen LogP contribution is 2.29. The Morgan fingerprint density at radius 3 is 2.69 bits per heavy atom. The van der Waals surface area contributed by atoms with Gasteiger partial charge in [0.1, 0.15) is 0 Å². The van der Waals surface area contributed by atoms with Crippen LogP contribution in [0.5, 0.6) is 0 Å². The highest BCUT2D eigenvalue weighted by molar-refractivity contribution is 5.67. The van der Waals surface area contributed by atoms with Gasteiger partial charge < -0.3 is 15.1 Å². The fraction of sp³-hybridized carbons (Fsp3) is 0.889. The molecule has 4 nitrogen and oxygen atoms in total. The molecule has 1 rings (SSSR count). The molecule has 1 aliphatic rings. The van der Waals surface area contributed by atoms with Gasteiger partial charge in [0.05, 0.1) is 12.5 Å². The van der Waals surface area contributed by atoms with Crippen LogP contribution < -0.4 is 0 Å². The van der Waals surface area contributed by atoms with E-state index in [4.69, 9.17) is 5.11 Å². The first kappa shape index (κ1) is 10.5. The van der Waals surface area contributed by atoms with Crippen molar-refractivity contribution in [1.82, 2.24) is 4.90 Å². The second kappa shape index (κ2) is 4.58. The van der Waals surface area contributed by atoms with E-state index in [1.54, 1.807) is 0 Å². The van der Waals surface area contributed by atoms with E-state index in [0.717, 1.165) is 12.5 Å². The average Bonchev–Trinajstić information content (AvgIpc) is 2.67. The van der Waals surface area contributed by atoms with Crippen LogP contribution in [0.25, 0.3) is 0 Å². The lowest BCUT2D eigenvalue weighted by molar-refractivity contribution is -0.139. The molecule has 0 saturated heterocycles. The molecule has 0 radical (unpaired) electrons. The summed E-state index contributed by atoms with van der Waals surface area (Å²) in [6.07, 6.45) is 1.66. The van der Waals surface area contributed by atoms with Crippen molar-refractivity contribution in [3.63, 3.8) is 0 Å². The van der Waals surface area contributed by atoms with Crippen molar-refractivity contribution in [3.8, 4) is 0 Å². The van der Waals surface area contributed by atoms with Crippen LogP contribution >= 0.6 is 0 Å². The zero-order valence-electron chi connectivity index (χ0n) is 7.94. The number of carboxylic acid groups (broad SMARTS) is 1. The second-order valence-electron chi connectivity index (χ2n) is 3.92. The van der Waals surface area contributed by atoms with Crippen LogP contribution in [-0.4, -0.2) is 47.3 Å². The number of carbonyl (C=O) groups is 1. The minimum atomic E-state index is -0.938. The number of hydrogen-bond donors (Lipinski definition) is 2. The van der Waals surface area contributed by atoms with Crippen molar-refractivity contribution < 1.29 is 15.0 Å².